The molecule has 308 valence electrons. The van der Waals surface area contributed by atoms with Gasteiger partial charge in [0, 0.05) is 60.3 Å². The molecule has 0 unspecified atom stereocenters. The van der Waals surface area contributed by atoms with Crippen molar-refractivity contribution in [1.29, 1.82) is 0 Å². The van der Waals surface area contributed by atoms with Crippen LogP contribution in [0.1, 0.15) is 75.5 Å². The minimum absolute atomic E-state index is 0.0577. The van der Waals surface area contributed by atoms with E-state index in [0.717, 1.165) is 15.3 Å². The molecular weight excluding hydrogens is 869 g/mol. The molecule has 0 saturated carbocycles. The van der Waals surface area contributed by atoms with Gasteiger partial charge in [0.15, 0.2) is 0 Å². The number of benzene rings is 1. The van der Waals surface area contributed by atoms with Gasteiger partial charge in [0.25, 0.3) is 0 Å². The fourth-order valence-electron chi connectivity index (χ4n) is 9.76. The van der Waals surface area contributed by atoms with Crippen LogP contribution < -0.4 is 10.4 Å². The Morgan fingerprint density at radius 2 is 0.984 bits per heavy atom. The third kappa shape index (κ3) is 6.17. The lowest BCUT2D eigenvalue weighted by atomic mass is 9.44. The van der Waals surface area contributed by atoms with Gasteiger partial charge in [0.05, 0.1) is 4.88 Å². The normalized spacial score (nSPS) is 20.5. The van der Waals surface area contributed by atoms with Crippen LogP contribution in [0, 0.1) is 21.7 Å². The summed E-state index contributed by atoms with van der Waals surface area (Å²) in [5.74, 6) is 0.0797. The van der Waals surface area contributed by atoms with E-state index in [2.05, 4.69) is 181 Å². The highest BCUT2D eigenvalue weighted by Gasteiger charge is 2.59. The number of ketones is 1. The summed E-state index contributed by atoms with van der Waals surface area (Å²) in [4.78, 5) is 26.8. The molecular formula is C55H46OS6. The van der Waals surface area contributed by atoms with Crippen molar-refractivity contribution in [1.82, 2.24) is 0 Å². The largest absolute Gasteiger partial charge is 0.288 e. The Morgan fingerprint density at radius 1 is 0.484 bits per heavy atom. The molecule has 0 radical (unpaired) electrons. The van der Waals surface area contributed by atoms with Crippen LogP contribution in [0.25, 0.3) is 55.7 Å². The Hall–Kier alpha value is -4.47. The maximum Gasteiger partial charge on any atom is 0.202 e. The van der Waals surface area contributed by atoms with E-state index in [1.807, 2.05) is 28.7 Å². The molecule has 6 aromatic heterocycles. The first-order chi connectivity index (χ1) is 29.6. The molecule has 7 aromatic rings. The highest BCUT2D eigenvalue weighted by Crippen LogP contribution is 2.69. The van der Waals surface area contributed by atoms with Crippen LogP contribution in [0.4, 0.5) is 0 Å². The second kappa shape index (κ2) is 14.3. The number of thiophene rings is 6. The van der Waals surface area contributed by atoms with E-state index in [0.29, 0.717) is 0 Å². The van der Waals surface area contributed by atoms with E-state index in [1.54, 1.807) is 45.3 Å². The summed E-state index contributed by atoms with van der Waals surface area (Å²) in [6.45, 7) is 18.9. The van der Waals surface area contributed by atoms with Gasteiger partial charge in [-0.2, -0.15) is 0 Å². The average Bonchev–Trinajstić information content (AvgIpc) is 4.09. The van der Waals surface area contributed by atoms with Gasteiger partial charge in [0.2, 0.25) is 5.78 Å². The van der Waals surface area contributed by atoms with Crippen LogP contribution in [-0.2, 0) is 0 Å². The first-order valence-electron chi connectivity index (χ1n) is 21.1. The van der Waals surface area contributed by atoms with E-state index >= 15 is 0 Å². The molecule has 0 amide bonds. The molecule has 2 atom stereocenters. The highest BCUT2D eigenvalue weighted by molar-refractivity contribution is 7.27. The summed E-state index contributed by atoms with van der Waals surface area (Å²) in [5, 5.41) is 6.69. The number of fused-ring (bicyclic) bond motifs is 1. The van der Waals surface area contributed by atoms with Crippen molar-refractivity contribution in [3.63, 3.8) is 0 Å². The van der Waals surface area contributed by atoms with Crippen molar-refractivity contribution < 1.29 is 4.79 Å². The zero-order valence-electron chi connectivity index (χ0n) is 36.1. The quantitative estimate of drug-likeness (QED) is 0.146. The van der Waals surface area contributed by atoms with Gasteiger partial charge in [-0.3, -0.25) is 4.79 Å². The third-order valence-corrected chi connectivity index (χ3v) is 20.4. The highest BCUT2D eigenvalue weighted by atomic mass is 32.1. The van der Waals surface area contributed by atoms with Crippen molar-refractivity contribution in [2.75, 3.05) is 0 Å². The standard InChI is InChI=1S/C55H46OS6/c1-52(2,3)32-26-34-27-37(41-15-16-46(59-41)47-19-17-44(60-47)42-11-9-23-57-42)40-30-33(53(4,5)6)29-39-36-25-31(13-14-35(36)38(28-32)54(34,7)55(39,40)8)51(56)50-22-21-49(62-50)48-20-18-45(61-48)43-12-10-24-58-43/h9-30H,1-8H3/t54-,55+/m0/s1. The van der Waals surface area contributed by atoms with Crippen LogP contribution in [0.5, 0.6) is 0 Å². The molecule has 11 rings (SSSR count). The summed E-state index contributed by atoms with van der Waals surface area (Å²) in [7, 11) is 0. The lowest BCUT2D eigenvalue weighted by Gasteiger charge is -2.58. The lowest BCUT2D eigenvalue weighted by Crippen LogP contribution is -2.55. The van der Waals surface area contributed by atoms with E-state index in [1.165, 1.54) is 88.5 Å². The summed E-state index contributed by atoms with van der Waals surface area (Å²) < 4.78 is 0. The van der Waals surface area contributed by atoms with Crippen molar-refractivity contribution in [2.24, 2.45) is 21.7 Å². The summed E-state index contributed by atoms with van der Waals surface area (Å²) in [6.07, 6.45) is 12.5. The van der Waals surface area contributed by atoms with E-state index in [4.69, 9.17) is 0 Å². The second-order valence-electron chi connectivity index (χ2n) is 19.2. The Bertz CT molecular complexity index is 3290. The smallest absolute Gasteiger partial charge is 0.202 e. The number of hydrogen-bond donors (Lipinski definition) is 0. The van der Waals surface area contributed by atoms with E-state index < -0.39 is 5.41 Å². The van der Waals surface area contributed by atoms with Gasteiger partial charge >= 0.3 is 0 Å². The minimum atomic E-state index is -0.406. The average molecular weight is 915 g/mol. The van der Waals surface area contributed by atoms with Crippen LogP contribution >= 0.6 is 68.0 Å². The Balaban J connectivity index is 1.09. The van der Waals surface area contributed by atoms with Gasteiger partial charge < -0.3 is 0 Å². The molecule has 0 spiro atoms. The van der Waals surface area contributed by atoms with Gasteiger partial charge in [-0.05, 0) is 144 Å². The summed E-state index contributed by atoms with van der Waals surface area (Å²) >= 11 is 10.7. The molecule has 7 heteroatoms. The monoisotopic (exact) mass is 914 g/mol. The van der Waals surface area contributed by atoms with Gasteiger partial charge in [-0.15, -0.1) is 68.0 Å². The Labute approximate surface area is 388 Å². The topological polar surface area (TPSA) is 17.1 Å². The lowest BCUT2D eigenvalue weighted by molar-refractivity contribution is 0.104. The van der Waals surface area contributed by atoms with Crippen molar-refractivity contribution in [2.45, 2.75) is 55.4 Å². The van der Waals surface area contributed by atoms with Crippen molar-refractivity contribution >= 4 is 90.5 Å². The summed E-state index contributed by atoms with van der Waals surface area (Å²) in [5.41, 5.74) is 9.17. The van der Waals surface area contributed by atoms with Gasteiger partial charge in [-0.25, -0.2) is 0 Å². The Morgan fingerprint density at radius 3 is 1.55 bits per heavy atom. The molecule has 0 bridgehead atoms. The fraction of sp³-hybridized carbons (Fsp3) is 0.218. The number of carbonyl (C=O) groups excluding carboxylic acids is 1. The van der Waals surface area contributed by atoms with Crippen LogP contribution in [0.15, 0.2) is 154 Å². The molecule has 4 aliphatic rings. The van der Waals surface area contributed by atoms with Gasteiger partial charge in [-0.1, -0.05) is 104 Å². The number of carbonyl (C=O) groups is 1. The molecule has 1 aromatic carbocycles. The van der Waals surface area contributed by atoms with Crippen LogP contribution in [0.3, 0.4) is 0 Å². The van der Waals surface area contributed by atoms with E-state index in [9.17, 15) is 4.79 Å². The maximum absolute atomic E-state index is 14.7. The number of allylic oxidation sites excluding steroid dienone is 10. The Kier molecular flexibility index (Phi) is 9.28. The third-order valence-electron chi connectivity index (χ3n) is 13.5. The molecule has 62 heavy (non-hydrogen) atoms. The first kappa shape index (κ1) is 40.3. The zero-order chi connectivity index (χ0) is 42.9. The molecule has 1 nitrogen and oxygen atoms in total. The fourth-order valence-corrected chi connectivity index (χ4v) is 15.6. The van der Waals surface area contributed by atoms with Crippen molar-refractivity contribution in [3.05, 3.63) is 180 Å². The molecule has 0 fully saturated rings. The maximum atomic E-state index is 14.7. The second-order valence-corrected chi connectivity index (χ2v) is 25.4. The predicted molar refractivity (Wildman–Crippen MR) is 273 cm³/mol. The molecule has 0 N–H and O–H groups in total. The summed E-state index contributed by atoms with van der Waals surface area (Å²) in [6, 6.07) is 33.0. The first-order valence-corrected chi connectivity index (χ1v) is 26.2. The van der Waals surface area contributed by atoms with Crippen LogP contribution in [0.2, 0.25) is 0 Å². The number of rotatable bonds is 7. The zero-order valence-corrected chi connectivity index (χ0v) is 41.0. The van der Waals surface area contributed by atoms with Crippen molar-refractivity contribution in [3.8, 4) is 39.0 Å². The van der Waals surface area contributed by atoms with Crippen LogP contribution in [-0.4, -0.2) is 5.78 Å². The molecule has 0 saturated heterocycles. The minimum Gasteiger partial charge on any atom is -0.288 e. The molecule has 4 aliphatic carbocycles. The number of hydrogen-bond acceptors (Lipinski definition) is 7. The molecule has 6 heterocycles. The molecule has 0 aliphatic heterocycles. The predicted octanol–water partition coefficient (Wildman–Crippen LogP) is 16.2. The van der Waals surface area contributed by atoms with Gasteiger partial charge in [0.1, 0.15) is 0 Å². The SMILES string of the molecule is CC(C)(C)C1=CC2=c3ccc(C(=O)c4ccc(-c5ccc(-c6cccs6)s5)s4)cc3=C3C=C(C(C)(C)C)C=C4C(c5ccc(-c6ccc(-c7cccs7)s6)s5)=CC(=C1)[C@]2(C)[C@@]43C. The van der Waals surface area contributed by atoms with E-state index in [-0.39, 0.29) is 22.0 Å².